The minimum absolute atomic E-state index is 1.10. The van der Waals surface area contributed by atoms with Gasteiger partial charge in [0.2, 0.25) is 0 Å². The van der Waals surface area contributed by atoms with Crippen molar-refractivity contribution in [1.82, 2.24) is 9.88 Å². The van der Waals surface area contributed by atoms with Crippen molar-refractivity contribution in [3.05, 3.63) is 24.4 Å². The highest BCUT2D eigenvalue weighted by atomic mass is 15.2. The van der Waals surface area contributed by atoms with Gasteiger partial charge < -0.3 is 9.80 Å². The third-order valence-corrected chi connectivity index (χ3v) is 3.79. The van der Waals surface area contributed by atoms with Gasteiger partial charge in [-0.1, -0.05) is 45.1 Å². The second kappa shape index (κ2) is 11.6. The van der Waals surface area contributed by atoms with E-state index in [0.717, 1.165) is 25.5 Å². The highest BCUT2D eigenvalue weighted by molar-refractivity contribution is 5.37. The number of pyridine rings is 1. The first-order chi connectivity index (χ1) is 10.2. The second-order valence-corrected chi connectivity index (χ2v) is 6.10. The van der Waals surface area contributed by atoms with Gasteiger partial charge in [-0.15, -0.1) is 0 Å². The Morgan fingerprint density at radius 1 is 0.857 bits per heavy atom. The Morgan fingerprint density at radius 3 is 2.24 bits per heavy atom. The van der Waals surface area contributed by atoms with Crippen molar-refractivity contribution < 1.29 is 0 Å². The molecule has 0 aromatic carbocycles. The van der Waals surface area contributed by atoms with Crippen LogP contribution in [0.4, 0.5) is 5.82 Å². The van der Waals surface area contributed by atoms with Crippen LogP contribution in [0, 0.1) is 0 Å². The summed E-state index contributed by atoms with van der Waals surface area (Å²) in [5, 5.41) is 0. The summed E-state index contributed by atoms with van der Waals surface area (Å²) in [5.41, 5.74) is 0. The van der Waals surface area contributed by atoms with Gasteiger partial charge in [-0.2, -0.15) is 0 Å². The van der Waals surface area contributed by atoms with Crippen LogP contribution in [0.3, 0.4) is 0 Å². The summed E-state index contributed by atoms with van der Waals surface area (Å²) < 4.78 is 0. The maximum Gasteiger partial charge on any atom is 0.128 e. The molecule has 0 radical (unpaired) electrons. The molecule has 0 atom stereocenters. The van der Waals surface area contributed by atoms with Crippen LogP contribution >= 0.6 is 0 Å². The predicted octanol–water partition coefficient (Wildman–Crippen LogP) is 4.20. The maximum absolute atomic E-state index is 4.52. The molecule has 0 fully saturated rings. The van der Waals surface area contributed by atoms with E-state index < -0.39 is 0 Å². The van der Waals surface area contributed by atoms with Crippen molar-refractivity contribution in [2.75, 3.05) is 38.6 Å². The van der Waals surface area contributed by atoms with Crippen molar-refractivity contribution in [1.29, 1.82) is 0 Å². The van der Waals surface area contributed by atoms with Crippen molar-refractivity contribution >= 4 is 5.82 Å². The van der Waals surface area contributed by atoms with E-state index in [1.807, 2.05) is 12.3 Å². The summed E-state index contributed by atoms with van der Waals surface area (Å²) in [4.78, 5) is 9.22. The molecule has 1 aromatic heterocycles. The first kappa shape index (κ1) is 18.0. The van der Waals surface area contributed by atoms with E-state index >= 15 is 0 Å². The quantitative estimate of drug-likeness (QED) is 0.538. The zero-order valence-electron chi connectivity index (χ0n) is 14.2. The van der Waals surface area contributed by atoms with Gasteiger partial charge in [-0.3, -0.25) is 0 Å². The highest BCUT2D eigenvalue weighted by Crippen LogP contribution is 2.13. The lowest BCUT2D eigenvalue weighted by Crippen LogP contribution is -2.29. The number of aromatic nitrogens is 1. The second-order valence-electron chi connectivity index (χ2n) is 6.10. The first-order valence-electron chi connectivity index (χ1n) is 8.54. The van der Waals surface area contributed by atoms with Crippen LogP contribution in [0.1, 0.15) is 51.9 Å². The molecule has 0 spiro atoms. The molecule has 3 nitrogen and oxygen atoms in total. The highest BCUT2D eigenvalue weighted by Gasteiger charge is 2.07. The summed E-state index contributed by atoms with van der Waals surface area (Å²) >= 11 is 0. The van der Waals surface area contributed by atoms with Gasteiger partial charge in [0, 0.05) is 19.3 Å². The molecule has 1 rings (SSSR count). The van der Waals surface area contributed by atoms with Crippen LogP contribution in [-0.4, -0.2) is 43.6 Å². The van der Waals surface area contributed by atoms with E-state index in [-0.39, 0.29) is 0 Å². The van der Waals surface area contributed by atoms with Crippen LogP contribution in [-0.2, 0) is 0 Å². The molecule has 21 heavy (non-hydrogen) atoms. The summed E-state index contributed by atoms with van der Waals surface area (Å²) in [6.45, 7) is 5.65. The average Bonchev–Trinajstić information content (AvgIpc) is 2.49. The molecule has 0 bridgehead atoms. The van der Waals surface area contributed by atoms with E-state index in [1.165, 1.54) is 44.9 Å². The molecule has 0 saturated carbocycles. The van der Waals surface area contributed by atoms with E-state index in [2.05, 4.69) is 47.9 Å². The normalized spacial score (nSPS) is 11.0. The maximum atomic E-state index is 4.52. The zero-order chi connectivity index (χ0) is 15.3. The fourth-order valence-electron chi connectivity index (χ4n) is 2.54. The lowest BCUT2D eigenvalue weighted by atomic mass is 10.1. The van der Waals surface area contributed by atoms with Gasteiger partial charge in [0.25, 0.3) is 0 Å². The van der Waals surface area contributed by atoms with E-state index in [0.29, 0.717) is 0 Å². The smallest absolute Gasteiger partial charge is 0.128 e. The topological polar surface area (TPSA) is 19.4 Å². The summed E-state index contributed by atoms with van der Waals surface area (Å²) in [6, 6.07) is 6.21. The minimum Gasteiger partial charge on any atom is -0.357 e. The predicted molar refractivity (Wildman–Crippen MR) is 93.0 cm³/mol. The van der Waals surface area contributed by atoms with Crippen molar-refractivity contribution in [3.8, 4) is 0 Å². The lowest BCUT2D eigenvalue weighted by molar-refractivity contribution is 0.399. The molecular weight excluding hydrogens is 258 g/mol. The van der Waals surface area contributed by atoms with Crippen LogP contribution < -0.4 is 4.90 Å². The Labute approximate surface area is 131 Å². The number of unbranched alkanes of at least 4 members (excludes halogenated alkanes) is 5. The number of anilines is 1. The van der Waals surface area contributed by atoms with Crippen molar-refractivity contribution in [3.63, 3.8) is 0 Å². The van der Waals surface area contributed by atoms with Gasteiger partial charge in [0.1, 0.15) is 5.82 Å². The number of hydrogen-bond donors (Lipinski definition) is 0. The molecule has 0 aliphatic carbocycles. The van der Waals surface area contributed by atoms with E-state index in [4.69, 9.17) is 0 Å². The fraction of sp³-hybridized carbons (Fsp3) is 0.722. The molecule has 0 aliphatic rings. The van der Waals surface area contributed by atoms with Crippen LogP contribution in [0.5, 0.6) is 0 Å². The molecule has 0 unspecified atom stereocenters. The monoisotopic (exact) mass is 291 g/mol. The van der Waals surface area contributed by atoms with Gasteiger partial charge in [-0.05, 0) is 45.6 Å². The first-order valence-corrected chi connectivity index (χ1v) is 8.54. The van der Waals surface area contributed by atoms with Gasteiger partial charge in [-0.25, -0.2) is 4.98 Å². The summed E-state index contributed by atoms with van der Waals surface area (Å²) in [6.07, 6.45) is 11.2. The molecule has 0 amide bonds. The Hall–Kier alpha value is -1.09. The van der Waals surface area contributed by atoms with Crippen molar-refractivity contribution in [2.45, 2.75) is 51.9 Å². The molecular formula is C18H33N3. The Bertz CT molecular complexity index is 338. The summed E-state index contributed by atoms with van der Waals surface area (Å²) in [5.74, 6) is 1.13. The number of hydrogen-bond acceptors (Lipinski definition) is 3. The largest absolute Gasteiger partial charge is 0.357 e. The molecule has 1 heterocycles. The molecule has 120 valence electrons. The van der Waals surface area contributed by atoms with E-state index in [1.54, 1.807) is 0 Å². The summed E-state index contributed by atoms with van der Waals surface area (Å²) in [7, 11) is 4.28. The Morgan fingerprint density at radius 2 is 1.57 bits per heavy atom. The minimum atomic E-state index is 1.10. The van der Waals surface area contributed by atoms with Crippen LogP contribution in [0.25, 0.3) is 0 Å². The third kappa shape index (κ3) is 8.71. The Balaban J connectivity index is 2.34. The SMILES string of the molecule is CCCCCCCCN(CCCN(C)C)c1ccccn1. The van der Waals surface area contributed by atoms with E-state index in [9.17, 15) is 0 Å². The average molecular weight is 291 g/mol. The zero-order valence-corrected chi connectivity index (χ0v) is 14.2. The standard InChI is InChI=1S/C18H33N3/c1-4-5-6-7-8-11-16-21(17-12-15-20(2)3)18-13-9-10-14-19-18/h9-10,13-14H,4-8,11-12,15-17H2,1-3H3. The molecule has 0 aliphatic heterocycles. The fourth-order valence-corrected chi connectivity index (χ4v) is 2.54. The Kier molecular flexibility index (Phi) is 9.88. The molecule has 3 heteroatoms. The van der Waals surface area contributed by atoms with Gasteiger partial charge in [0.05, 0.1) is 0 Å². The molecule has 1 aromatic rings. The third-order valence-electron chi connectivity index (χ3n) is 3.79. The number of rotatable bonds is 12. The molecule has 0 saturated heterocycles. The van der Waals surface area contributed by atoms with Gasteiger partial charge >= 0.3 is 0 Å². The number of nitrogens with zero attached hydrogens (tertiary/aromatic N) is 3. The molecule has 0 N–H and O–H groups in total. The lowest BCUT2D eigenvalue weighted by Gasteiger charge is -2.24. The van der Waals surface area contributed by atoms with Gasteiger partial charge in [0.15, 0.2) is 0 Å². The van der Waals surface area contributed by atoms with Crippen LogP contribution in [0.2, 0.25) is 0 Å². The van der Waals surface area contributed by atoms with Crippen LogP contribution in [0.15, 0.2) is 24.4 Å². The van der Waals surface area contributed by atoms with Crippen molar-refractivity contribution in [2.24, 2.45) is 0 Å².